The lowest BCUT2D eigenvalue weighted by Gasteiger charge is -2.13. The second kappa shape index (κ2) is 6.56. The highest BCUT2D eigenvalue weighted by atomic mass is 16.1. The molecule has 0 atom stereocenters. The molecule has 0 radical (unpaired) electrons. The van der Waals surface area contributed by atoms with Crippen LogP contribution in [0.25, 0.3) is 0 Å². The Bertz CT molecular complexity index is 648. The highest BCUT2D eigenvalue weighted by Gasteiger charge is 2.15. The van der Waals surface area contributed by atoms with Gasteiger partial charge in [0.15, 0.2) is 5.78 Å². The molecule has 1 aromatic carbocycles. The summed E-state index contributed by atoms with van der Waals surface area (Å²) in [4.78, 5) is 19.8. The summed E-state index contributed by atoms with van der Waals surface area (Å²) in [5.74, 6) is 1.66. The largest absolute Gasteiger partial charge is 0.367 e. The molecule has 5 heteroatoms. The summed E-state index contributed by atoms with van der Waals surface area (Å²) in [5, 5.41) is 6.69. The summed E-state index contributed by atoms with van der Waals surface area (Å²) >= 11 is 0. The van der Waals surface area contributed by atoms with E-state index < -0.39 is 0 Å². The molecule has 1 heterocycles. The Morgan fingerprint density at radius 3 is 2.45 bits per heavy atom. The summed E-state index contributed by atoms with van der Waals surface area (Å²) in [7, 11) is 0. The number of nitrogens with one attached hydrogen (secondary N) is 2. The fourth-order valence-corrected chi connectivity index (χ4v) is 2.72. The van der Waals surface area contributed by atoms with Crippen LogP contribution in [-0.4, -0.2) is 21.8 Å². The van der Waals surface area contributed by atoms with Gasteiger partial charge >= 0.3 is 0 Å². The van der Waals surface area contributed by atoms with Crippen molar-refractivity contribution in [1.82, 2.24) is 9.97 Å². The average molecular weight is 296 g/mol. The highest BCUT2D eigenvalue weighted by Crippen LogP contribution is 2.23. The summed E-state index contributed by atoms with van der Waals surface area (Å²) in [6.45, 7) is 1.56. The molecule has 1 saturated carbocycles. The summed E-state index contributed by atoms with van der Waals surface area (Å²) < 4.78 is 0. The first kappa shape index (κ1) is 14.5. The molecule has 22 heavy (non-hydrogen) atoms. The van der Waals surface area contributed by atoms with Gasteiger partial charge in [-0.15, -0.1) is 0 Å². The Kier molecular flexibility index (Phi) is 4.32. The predicted octanol–water partition coefficient (Wildman–Crippen LogP) is 3.78. The van der Waals surface area contributed by atoms with Crippen molar-refractivity contribution in [3.8, 4) is 0 Å². The molecule has 0 saturated heterocycles. The van der Waals surface area contributed by atoms with E-state index in [1.807, 2.05) is 30.3 Å². The second-order valence-electron chi connectivity index (χ2n) is 5.67. The maximum Gasteiger partial charge on any atom is 0.159 e. The van der Waals surface area contributed by atoms with E-state index in [1.165, 1.54) is 25.7 Å². The van der Waals surface area contributed by atoms with Crippen molar-refractivity contribution in [2.45, 2.75) is 38.6 Å². The van der Waals surface area contributed by atoms with Gasteiger partial charge < -0.3 is 10.6 Å². The minimum Gasteiger partial charge on any atom is -0.367 e. The number of carbonyl (C=O) groups is 1. The van der Waals surface area contributed by atoms with E-state index in [0.717, 1.165) is 17.3 Å². The Morgan fingerprint density at radius 2 is 1.77 bits per heavy atom. The Labute approximate surface area is 130 Å². The van der Waals surface area contributed by atoms with E-state index in [1.54, 1.807) is 13.3 Å². The molecular weight excluding hydrogens is 276 g/mol. The third-order valence-corrected chi connectivity index (χ3v) is 3.94. The number of nitrogens with zero attached hydrogens (tertiary/aromatic N) is 2. The van der Waals surface area contributed by atoms with Crippen molar-refractivity contribution in [3.63, 3.8) is 0 Å². The summed E-state index contributed by atoms with van der Waals surface area (Å²) in [6.07, 6.45) is 6.55. The first-order valence-electron chi connectivity index (χ1n) is 7.67. The molecule has 0 aliphatic heterocycles. The monoisotopic (exact) mass is 296 g/mol. The predicted molar refractivity (Wildman–Crippen MR) is 87.6 cm³/mol. The van der Waals surface area contributed by atoms with Gasteiger partial charge in [0.2, 0.25) is 0 Å². The third-order valence-electron chi connectivity index (χ3n) is 3.94. The van der Waals surface area contributed by atoms with Crippen LogP contribution in [0.3, 0.4) is 0 Å². The standard InChI is InChI=1S/C17H20N4O/c1-12(22)13-6-8-15(9-7-13)21-17-10-16(18-11-19-17)20-14-4-2-3-5-14/h6-11,14H,2-5H2,1H3,(H2,18,19,20,21). The van der Waals surface area contributed by atoms with Crippen LogP contribution in [0.2, 0.25) is 0 Å². The number of carbonyl (C=O) groups excluding carboxylic acids is 1. The van der Waals surface area contributed by atoms with E-state index >= 15 is 0 Å². The maximum atomic E-state index is 11.3. The fraction of sp³-hybridized carbons (Fsp3) is 0.353. The molecule has 0 bridgehead atoms. The zero-order valence-electron chi connectivity index (χ0n) is 12.7. The Hall–Kier alpha value is -2.43. The molecule has 5 nitrogen and oxygen atoms in total. The molecule has 1 aliphatic rings. The van der Waals surface area contributed by atoms with Crippen LogP contribution in [0.15, 0.2) is 36.7 Å². The second-order valence-corrected chi connectivity index (χ2v) is 5.67. The number of hydrogen-bond donors (Lipinski definition) is 2. The van der Waals surface area contributed by atoms with Gasteiger partial charge in [0, 0.05) is 23.4 Å². The summed E-state index contributed by atoms with van der Waals surface area (Å²) in [6, 6.07) is 9.81. The molecule has 1 aliphatic carbocycles. The molecule has 0 unspecified atom stereocenters. The van der Waals surface area contributed by atoms with Crippen molar-refractivity contribution in [2.75, 3.05) is 10.6 Å². The van der Waals surface area contributed by atoms with Gasteiger partial charge in [-0.2, -0.15) is 0 Å². The zero-order chi connectivity index (χ0) is 15.4. The van der Waals surface area contributed by atoms with Gasteiger partial charge in [0.1, 0.15) is 18.0 Å². The SMILES string of the molecule is CC(=O)c1ccc(Nc2cc(NC3CCCC3)ncn2)cc1. The van der Waals surface area contributed by atoms with Gasteiger partial charge in [-0.1, -0.05) is 12.8 Å². The number of ketones is 1. The number of benzene rings is 1. The Balaban J connectivity index is 1.67. The van der Waals surface area contributed by atoms with Gasteiger partial charge in [0.25, 0.3) is 0 Å². The average Bonchev–Trinajstić information content (AvgIpc) is 3.01. The molecular formula is C17H20N4O. The van der Waals surface area contributed by atoms with Crippen LogP contribution < -0.4 is 10.6 Å². The van der Waals surface area contributed by atoms with Crippen LogP contribution in [0.4, 0.5) is 17.3 Å². The molecule has 114 valence electrons. The minimum absolute atomic E-state index is 0.0663. The van der Waals surface area contributed by atoms with E-state index in [2.05, 4.69) is 20.6 Å². The summed E-state index contributed by atoms with van der Waals surface area (Å²) in [5.41, 5.74) is 1.60. The number of rotatable bonds is 5. The number of hydrogen-bond acceptors (Lipinski definition) is 5. The first-order valence-corrected chi connectivity index (χ1v) is 7.67. The topological polar surface area (TPSA) is 66.9 Å². The zero-order valence-corrected chi connectivity index (χ0v) is 12.7. The third kappa shape index (κ3) is 3.61. The Morgan fingerprint density at radius 1 is 1.09 bits per heavy atom. The van der Waals surface area contributed by atoms with Crippen molar-refractivity contribution in [1.29, 1.82) is 0 Å². The molecule has 0 spiro atoms. The van der Waals surface area contributed by atoms with E-state index in [0.29, 0.717) is 11.6 Å². The highest BCUT2D eigenvalue weighted by molar-refractivity contribution is 5.94. The molecule has 3 rings (SSSR count). The van der Waals surface area contributed by atoms with E-state index in [9.17, 15) is 4.79 Å². The van der Waals surface area contributed by atoms with Crippen LogP contribution in [0.5, 0.6) is 0 Å². The molecule has 2 N–H and O–H groups in total. The van der Waals surface area contributed by atoms with Gasteiger partial charge in [-0.25, -0.2) is 9.97 Å². The number of aromatic nitrogens is 2. The first-order chi connectivity index (χ1) is 10.7. The maximum absolute atomic E-state index is 11.3. The quantitative estimate of drug-likeness (QED) is 0.822. The number of Topliss-reactive ketones (excluding diaryl/α,β-unsaturated/α-hetero) is 1. The number of anilines is 3. The van der Waals surface area contributed by atoms with Crippen molar-refractivity contribution < 1.29 is 4.79 Å². The fourth-order valence-electron chi connectivity index (χ4n) is 2.72. The van der Waals surface area contributed by atoms with Gasteiger partial charge in [-0.05, 0) is 44.0 Å². The van der Waals surface area contributed by atoms with Gasteiger partial charge in [-0.3, -0.25) is 4.79 Å². The van der Waals surface area contributed by atoms with Crippen LogP contribution in [-0.2, 0) is 0 Å². The van der Waals surface area contributed by atoms with Gasteiger partial charge in [0.05, 0.1) is 0 Å². The normalized spacial score (nSPS) is 14.8. The smallest absolute Gasteiger partial charge is 0.159 e. The molecule has 1 aromatic heterocycles. The van der Waals surface area contributed by atoms with Crippen molar-refractivity contribution >= 4 is 23.1 Å². The minimum atomic E-state index is 0.0663. The van der Waals surface area contributed by atoms with E-state index in [4.69, 9.17) is 0 Å². The van der Waals surface area contributed by atoms with Crippen LogP contribution >= 0.6 is 0 Å². The van der Waals surface area contributed by atoms with Crippen molar-refractivity contribution in [2.24, 2.45) is 0 Å². The lowest BCUT2D eigenvalue weighted by atomic mass is 10.1. The lowest BCUT2D eigenvalue weighted by molar-refractivity contribution is 0.101. The molecule has 2 aromatic rings. The van der Waals surface area contributed by atoms with E-state index in [-0.39, 0.29) is 5.78 Å². The molecule has 1 fully saturated rings. The van der Waals surface area contributed by atoms with Crippen LogP contribution in [0.1, 0.15) is 43.0 Å². The van der Waals surface area contributed by atoms with Crippen LogP contribution in [0, 0.1) is 0 Å². The van der Waals surface area contributed by atoms with Crippen molar-refractivity contribution in [3.05, 3.63) is 42.2 Å². The lowest BCUT2D eigenvalue weighted by Crippen LogP contribution is -2.15. The molecule has 0 amide bonds.